The number of nitrogens with zero attached hydrogens (tertiary/aromatic N) is 1. The molecule has 0 aliphatic carbocycles. The largest absolute Gasteiger partial charge is 0.368 e. The van der Waals surface area contributed by atoms with Crippen LogP contribution in [0.3, 0.4) is 0 Å². The second kappa shape index (κ2) is 38.1. The Bertz CT molecular complexity index is 1150. The molecule has 0 unspecified atom stereocenters. The van der Waals surface area contributed by atoms with E-state index in [0.717, 1.165) is 38.8 Å². The van der Waals surface area contributed by atoms with Gasteiger partial charge in [-0.1, -0.05) is 220 Å². The predicted molar refractivity (Wildman–Crippen MR) is 250 cm³/mol. The third-order valence-electron chi connectivity index (χ3n) is 11.9. The van der Waals surface area contributed by atoms with Crippen molar-refractivity contribution in [2.75, 3.05) is 19.6 Å². The molecule has 340 valence electrons. The lowest BCUT2D eigenvalue weighted by Gasteiger charge is -2.23. The number of benzene rings is 1. The van der Waals surface area contributed by atoms with Gasteiger partial charge in [0.25, 0.3) is 11.8 Å². The van der Waals surface area contributed by atoms with E-state index in [-0.39, 0.29) is 18.4 Å². The Hall–Kier alpha value is -2.90. The zero-order valence-corrected chi connectivity index (χ0v) is 38.9. The summed E-state index contributed by atoms with van der Waals surface area (Å²) in [5.74, 6) is -1.66. The molecule has 0 aromatic heterocycles. The van der Waals surface area contributed by atoms with Crippen LogP contribution < -0.4 is 16.4 Å². The molecule has 4 amide bonds. The zero-order valence-electron chi connectivity index (χ0n) is 38.9. The molecule has 1 atom stereocenters. The van der Waals surface area contributed by atoms with E-state index in [1.807, 2.05) is 4.90 Å². The van der Waals surface area contributed by atoms with Gasteiger partial charge in [0.05, 0.1) is 6.54 Å². The molecule has 1 aromatic carbocycles. The Morgan fingerprint density at radius 1 is 0.492 bits per heavy atom. The van der Waals surface area contributed by atoms with Crippen LogP contribution in [-0.2, 0) is 9.59 Å². The second-order valence-electron chi connectivity index (χ2n) is 17.9. The van der Waals surface area contributed by atoms with E-state index < -0.39 is 23.8 Å². The van der Waals surface area contributed by atoms with Gasteiger partial charge in [0.1, 0.15) is 6.04 Å². The van der Waals surface area contributed by atoms with E-state index in [4.69, 9.17) is 5.73 Å². The molecule has 0 spiro atoms. The van der Waals surface area contributed by atoms with Crippen molar-refractivity contribution in [1.82, 2.24) is 15.5 Å². The average molecular weight is 825 g/mol. The van der Waals surface area contributed by atoms with Crippen molar-refractivity contribution in [1.29, 1.82) is 0 Å². The Kier molecular flexibility index (Phi) is 34.9. The smallest absolute Gasteiger partial charge is 0.253 e. The molecule has 0 bridgehead atoms. The van der Waals surface area contributed by atoms with Gasteiger partial charge in [0.15, 0.2) is 0 Å². The summed E-state index contributed by atoms with van der Waals surface area (Å²) in [5, 5.41) is 5.18. The number of nitrogens with two attached hydrogens (primary N) is 1. The van der Waals surface area contributed by atoms with Crippen molar-refractivity contribution < 1.29 is 19.2 Å². The Morgan fingerprint density at radius 2 is 0.797 bits per heavy atom. The van der Waals surface area contributed by atoms with Crippen LogP contribution in [0, 0.1) is 5.92 Å². The van der Waals surface area contributed by atoms with Crippen molar-refractivity contribution in [2.45, 2.75) is 239 Å². The van der Waals surface area contributed by atoms with Gasteiger partial charge in [-0.05, 0) is 43.0 Å². The van der Waals surface area contributed by atoms with Crippen LogP contribution in [0.5, 0.6) is 0 Å². The van der Waals surface area contributed by atoms with Gasteiger partial charge in [0.2, 0.25) is 11.8 Å². The van der Waals surface area contributed by atoms with Crippen LogP contribution in [-0.4, -0.2) is 54.2 Å². The Balaban J connectivity index is 2.48. The zero-order chi connectivity index (χ0) is 43.2. The maximum absolute atomic E-state index is 13.8. The van der Waals surface area contributed by atoms with Gasteiger partial charge in [-0.15, -0.1) is 0 Å². The van der Waals surface area contributed by atoms with Crippen LogP contribution in [0.1, 0.15) is 254 Å². The van der Waals surface area contributed by atoms with Crippen LogP contribution in [0.25, 0.3) is 0 Å². The Labute approximate surface area is 363 Å². The number of carbonyl (C=O) groups excluding carboxylic acids is 4. The maximum Gasteiger partial charge on any atom is 0.253 e. The molecule has 59 heavy (non-hydrogen) atoms. The van der Waals surface area contributed by atoms with E-state index in [9.17, 15) is 19.2 Å². The lowest BCUT2D eigenvalue weighted by molar-refractivity contribution is -0.127. The highest BCUT2D eigenvalue weighted by Crippen LogP contribution is 2.17. The minimum Gasteiger partial charge on any atom is -0.368 e. The molecule has 0 aliphatic rings. The fourth-order valence-electron chi connectivity index (χ4n) is 8.02. The number of carbonyl (C=O) groups is 4. The number of rotatable bonds is 41. The third kappa shape index (κ3) is 29.9. The van der Waals surface area contributed by atoms with Crippen LogP contribution in [0.2, 0.25) is 0 Å². The van der Waals surface area contributed by atoms with E-state index in [1.54, 1.807) is 38.1 Å². The lowest BCUT2D eigenvalue weighted by Crippen LogP contribution is -2.50. The molecular formula is C51H92N4O4. The molecule has 8 nitrogen and oxygen atoms in total. The molecule has 0 radical (unpaired) electrons. The number of primary amides is 1. The summed E-state index contributed by atoms with van der Waals surface area (Å²) in [6, 6.07) is 5.91. The van der Waals surface area contributed by atoms with Crippen LogP contribution in [0.4, 0.5) is 0 Å². The molecule has 1 aromatic rings. The summed E-state index contributed by atoms with van der Waals surface area (Å²) in [6.45, 7) is 9.39. The summed E-state index contributed by atoms with van der Waals surface area (Å²) >= 11 is 0. The third-order valence-corrected chi connectivity index (χ3v) is 11.9. The van der Waals surface area contributed by atoms with Gasteiger partial charge in [-0.25, -0.2) is 0 Å². The maximum atomic E-state index is 13.8. The first kappa shape index (κ1) is 54.1. The summed E-state index contributed by atoms with van der Waals surface area (Å²) < 4.78 is 0. The first-order valence-corrected chi connectivity index (χ1v) is 25.0. The molecule has 8 heteroatoms. The minimum atomic E-state index is -0.800. The standard InChI is InChI=1S/C51H92N4O4/c1-5-7-9-11-13-15-17-19-21-23-25-27-29-31-33-35-41-55(42-36-34-32-30-28-26-24-22-20-18-16-14-12-10-8-6-2)51(59)46-39-37-45(38-40-46)50(58)53-43-47(56)54-48(44(3)4)49(52)57/h37-40,44,48H,5-36,41-43H2,1-4H3,(H2,52,57)(H,53,58)(H,54,56)/t48-/m0/s1. The highest BCUT2D eigenvalue weighted by molar-refractivity contribution is 5.99. The molecular weight excluding hydrogens is 733 g/mol. The minimum absolute atomic E-state index is 0.0180. The van der Waals surface area contributed by atoms with Crippen molar-refractivity contribution in [2.24, 2.45) is 11.7 Å². The summed E-state index contributed by atoms with van der Waals surface area (Å²) in [5.41, 5.74) is 6.34. The van der Waals surface area contributed by atoms with Crippen molar-refractivity contribution in [3.05, 3.63) is 35.4 Å². The van der Waals surface area contributed by atoms with E-state index >= 15 is 0 Å². The van der Waals surface area contributed by atoms with Gasteiger partial charge in [0, 0.05) is 24.2 Å². The SMILES string of the molecule is CCCCCCCCCCCCCCCCCCN(CCCCCCCCCCCCCCCCCC)C(=O)c1ccc(C(=O)NCC(=O)N[C@H](C(N)=O)C(C)C)cc1. The molecule has 0 saturated carbocycles. The fourth-order valence-corrected chi connectivity index (χ4v) is 8.02. The van der Waals surface area contributed by atoms with Gasteiger partial charge < -0.3 is 21.3 Å². The molecule has 0 saturated heterocycles. The number of amides is 4. The summed E-state index contributed by atoms with van der Waals surface area (Å²) in [7, 11) is 0. The van der Waals surface area contributed by atoms with Gasteiger partial charge in [-0.3, -0.25) is 19.2 Å². The van der Waals surface area contributed by atoms with Crippen molar-refractivity contribution in [3.63, 3.8) is 0 Å². The van der Waals surface area contributed by atoms with Gasteiger partial charge >= 0.3 is 0 Å². The predicted octanol–water partition coefficient (Wildman–Crippen LogP) is 13.0. The summed E-state index contributed by atoms with van der Waals surface area (Å²) in [4.78, 5) is 52.6. The monoisotopic (exact) mass is 825 g/mol. The van der Waals surface area contributed by atoms with E-state index in [0.29, 0.717) is 11.1 Å². The number of unbranched alkanes of at least 4 members (excludes halogenated alkanes) is 30. The van der Waals surface area contributed by atoms with Crippen molar-refractivity contribution >= 4 is 23.6 Å². The average Bonchev–Trinajstić information content (AvgIpc) is 3.23. The van der Waals surface area contributed by atoms with Gasteiger partial charge in [-0.2, -0.15) is 0 Å². The number of nitrogens with one attached hydrogen (secondary N) is 2. The topological polar surface area (TPSA) is 122 Å². The molecule has 0 aliphatic heterocycles. The highest BCUT2D eigenvalue weighted by Gasteiger charge is 2.22. The second-order valence-corrected chi connectivity index (χ2v) is 17.9. The highest BCUT2D eigenvalue weighted by atomic mass is 16.2. The first-order valence-electron chi connectivity index (χ1n) is 25.0. The molecule has 0 heterocycles. The first-order chi connectivity index (χ1) is 28.7. The normalized spacial score (nSPS) is 11.8. The van der Waals surface area contributed by atoms with E-state index in [1.165, 1.54) is 180 Å². The van der Waals surface area contributed by atoms with Crippen LogP contribution >= 0.6 is 0 Å². The van der Waals surface area contributed by atoms with Crippen molar-refractivity contribution in [3.8, 4) is 0 Å². The summed E-state index contributed by atoms with van der Waals surface area (Å²) in [6.07, 6.45) is 42.4. The molecule has 4 N–H and O–H groups in total. The molecule has 0 fully saturated rings. The molecule has 1 rings (SSSR count). The van der Waals surface area contributed by atoms with E-state index in [2.05, 4.69) is 24.5 Å². The van der Waals surface area contributed by atoms with Crippen LogP contribution in [0.15, 0.2) is 24.3 Å². The number of hydrogen-bond acceptors (Lipinski definition) is 4. The number of hydrogen-bond donors (Lipinski definition) is 3. The lowest BCUT2D eigenvalue weighted by atomic mass is 10.0. The quantitative estimate of drug-likeness (QED) is 0.0569. The Morgan fingerprint density at radius 3 is 1.10 bits per heavy atom. The fraction of sp³-hybridized carbons (Fsp3) is 0.804.